The second kappa shape index (κ2) is 5.50. The van der Waals surface area contributed by atoms with Gasteiger partial charge in [0.15, 0.2) is 5.13 Å². The standard InChI is InChI=1S/C15H16BrN3OS/c1-15(2)6-5-10-11(8-15)21-14(18-10)19-13(20)12-9(16)4-3-7-17-12/h3-4,7H,5-6,8H2,1-2H3,(H,18,19,20). The molecule has 1 N–H and O–H groups in total. The van der Waals surface area contributed by atoms with Crippen LogP contribution in [0.25, 0.3) is 0 Å². The molecule has 3 rings (SSSR count). The molecular formula is C15H16BrN3OS. The van der Waals surface area contributed by atoms with Crippen molar-refractivity contribution in [1.29, 1.82) is 0 Å². The molecular weight excluding hydrogens is 350 g/mol. The third-order valence-corrected chi connectivity index (χ3v) is 5.30. The van der Waals surface area contributed by atoms with Crippen molar-refractivity contribution in [2.45, 2.75) is 33.1 Å². The zero-order valence-electron chi connectivity index (χ0n) is 11.9. The number of rotatable bonds is 2. The van der Waals surface area contributed by atoms with Gasteiger partial charge < -0.3 is 0 Å². The van der Waals surface area contributed by atoms with Gasteiger partial charge in [0.1, 0.15) is 5.69 Å². The van der Waals surface area contributed by atoms with Gasteiger partial charge in [0.25, 0.3) is 5.91 Å². The largest absolute Gasteiger partial charge is 0.296 e. The molecule has 0 unspecified atom stereocenters. The van der Waals surface area contributed by atoms with Gasteiger partial charge >= 0.3 is 0 Å². The van der Waals surface area contributed by atoms with E-state index in [-0.39, 0.29) is 5.91 Å². The quantitative estimate of drug-likeness (QED) is 0.872. The highest BCUT2D eigenvalue weighted by molar-refractivity contribution is 9.10. The number of pyridine rings is 1. The van der Waals surface area contributed by atoms with E-state index in [0.717, 1.165) is 25.0 Å². The molecule has 0 aromatic carbocycles. The topological polar surface area (TPSA) is 54.9 Å². The van der Waals surface area contributed by atoms with Gasteiger partial charge in [0.05, 0.1) is 5.69 Å². The molecule has 110 valence electrons. The number of amides is 1. The van der Waals surface area contributed by atoms with E-state index in [1.807, 2.05) is 0 Å². The Balaban J connectivity index is 1.79. The van der Waals surface area contributed by atoms with E-state index in [0.29, 0.717) is 20.7 Å². The molecule has 0 saturated heterocycles. The molecule has 1 aliphatic rings. The Hall–Kier alpha value is -1.27. The summed E-state index contributed by atoms with van der Waals surface area (Å²) in [5.41, 5.74) is 1.84. The summed E-state index contributed by atoms with van der Waals surface area (Å²) >= 11 is 4.92. The molecule has 6 heteroatoms. The van der Waals surface area contributed by atoms with Gasteiger partial charge in [0.2, 0.25) is 0 Å². The number of fused-ring (bicyclic) bond motifs is 1. The average Bonchev–Trinajstić information content (AvgIpc) is 2.79. The maximum Gasteiger partial charge on any atom is 0.277 e. The third kappa shape index (κ3) is 3.16. The van der Waals surface area contributed by atoms with E-state index in [1.54, 1.807) is 29.7 Å². The number of anilines is 1. The van der Waals surface area contributed by atoms with Crippen molar-refractivity contribution >= 4 is 38.3 Å². The third-order valence-electron chi connectivity index (χ3n) is 3.65. The molecule has 0 radical (unpaired) electrons. The minimum absolute atomic E-state index is 0.229. The molecule has 0 bridgehead atoms. The van der Waals surface area contributed by atoms with Crippen LogP contribution in [-0.2, 0) is 12.8 Å². The number of hydrogen-bond donors (Lipinski definition) is 1. The van der Waals surface area contributed by atoms with E-state index < -0.39 is 0 Å². The van der Waals surface area contributed by atoms with Crippen molar-refractivity contribution in [3.05, 3.63) is 39.1 Å². The number of carbonyl (C=O) groups excluding carboxylic acids is 1. The SMILES string of the molecule is CC1(C)CCc2nc(NC(=O)c3ncccc3Br)sc2C1. The van der Waals surface area contributed by atoms with Gasteiger partial charge in [-0.05, 0) is 52.7 Å². The van der Waals surface area contributed by atoms with E-state index >= 15 is 0 Å². The number of aromatic nitrogens is 2. The lowest BCUT2D eigenvalue weighted by Crippen LogP contribution is -2.20. The normalized spacial score (nSPS) is 16.3. The number of aryl methyl sites for hydroxylation is 1. The van der Waals surface area contributed by atoms with Crippen molar-refractivity contribution in [3.63, 3.8) is 0 Å². The van der Waals surface area contributed by atoms with Gasteiger partial charge in [-0.2, -0.15) is 0 Å². The number of thiazole rings is 1. The second-order valence-corrected chi connectivity index (χ2v) is 7.96. The molecule has 2 heterocycles. The van der Waals surface area contributed by atoms with Gasteiger partial charge in [-0.3, -0.25) is 10.1 Å². The highest BCUT2D eigenvalue weighted by atomic mass is 79.9. The van der Waals surface area contributed by atoms with E-state index in [1.165, 1.54) is 4.88 Å². The Morgan fingerprint density at radius 2 is 2.29 bits per heavy atom. The fourth-order valence-electron chi connectivity index (χ4n) is 2.46. The summed E-state index contributed by atoms with van der Waals surface area (Å²) in [7, 11) is 0. The molecule has 4 nitrogen and oxygen atoms in total. The highest BCUT2D eigenvalue weighted by Gasteiger charge is 2.28. The van der Waals surface area contributed by atoms with Gasteiger partial charge in [0, 0.05) is 15.5 Å². The molecule has 0 saturated carbocycles. The van der Waals surface area contributed by atoms with Crippen LogP contribution in [0.2, 0.25) is 0 Å². The van der Waals surface area contributed by atoms with Crippen molar-refractivity contribution in [2.24, 2.45) is 5.41 Å². The summed E-state index contributed by atoms with van der Waals surface area (Å²) in [6.07, 6.45) is 4.77. The zero-order valence-corrected chi connectivity index (χ0v) is 14.3. The van der Waals surface area contributed by atoms with Gasteiger partial charge in [-0.25, -0.2) is 9.97 Å². The van der Waals surface area contributed by atoms with Crippen LogP contribution in [0.4, 0.5) is 5.13 Å². The molecule has 0 fully saturated rings. The lowest BCUT2D eigenvalue weighted by molar-refractivity contribution is 0.102. The highest BCUT2D eigenvalue weighted by Crippen LogP contribution is 2.38. The predicted molar refractivity (Wildman–Crippen MR) is 87.8 cm³/mol. The van der Waals surface area contributed by atoms with Crippen LogP contribution in [-0.4, -0.2) is 15.9 Å². The number of halogens is 1. The smallest absolute Gasteiger partial charge is 0.277 e. The van der Waals surface area contributed by atoms with Crippen LogP contribution in [0.5, 0.6) is 0 Å². The van der Waals surface area contributed by atoms with Crippen LogP contribution in [0.1, 0.15) is 41.3 Å². The monoisotopic (exact) mass is 365 g/mol. The molecule has 2 aromatic rings. The van der Waals surface area contributed by atoms with Gasteiger partial charge in [-0.1, -0.05) is 13.8 Å². The Morgan fingerprint density at radius 1 is 1.48 bits per heavy atom. The first-order chi connectivity index (χ1) is 9.94. The molecule has 0 aliphatic heterocycles. The molecule has 21 heavy (non-hydrogen) atoms. The van der Waals surface area contributed by atoms with Crippen molar-refractivity contribution in [2.75, 3.05) is 5.32 Å². The van der Waals surface area contributed by atoms with E-state index in [2.05, 4.69) is 45.1 Å². The molecule has 1 aliphatic carbocycles. The Kier molecular flexibility index (Phi) is 3.84. The first kappa shape index (κ1) is 14.7. The van der Waals surface area contributed by atoms with Crippen molar-refractivity contribution in [1.82, 2.24) is 9.97 Å². The molecule has 2 aromatic heterocycles. The summed E-state index contributed by atoms with van der Waals surface area (Å²) in [5.74, 6) is -0.229. The number of hydrogen-bond acceptors (Lipinski definition) is 4. The van der Waals surface area contributed by atoms with Crippen LogP contribution in [0.3, 0.4) is 0 Å². The molecule has 1 amide bonds. The predicted octanol–water partition coefficient (Wildman–Crippen LogP) is 4.07. The number of nitrogens with zero attached hydrogens (tertiary/aromatic N) is 2. The Bertz CT molecular complexity index is 696. The summed E-state index contributed by atoms with van der Waals surface area (Å²) in [6, 6.07) is 3.59. The molecule has 0 spiro atoms. The van der Waals surface area contributed by atoms with Crippen LogP contribution in [0.15, 0.2) is 22.8 Å². The Morgan fingerprint density at radius 3 is 3.05 bits per heavy atom. The summed E-state index contributed by atoms with van der Waals surface area (Å²) in [4.78, 5) is 22.2. The van der Waals surface area contributed by atoms with Crippen LogP contribution in [0, 0.1) is 5.41 Å². The fourth-order valence-corrected chi connectivity index (χ4v) is 4.16. The van der Waals surface area contributed by atoms with E-state index in [4.69, 9.17) is 0 Å². The maximum absolute atomic E-state index is 12.2. The Labute approximate surface area is 136 Å². The number of nitrogens with one attached hydrogen (secondary N) is 1. The average molecular weight is 366 g/mol. The minimum Gasteiger partial charge on any atom is -0.296 e. The minimum atomic E-state index is -0.229. The first-order valence-electron chi connectivity index (χ1n) is 6.85. The fraction of sp³-hybridized carbons (Fsp3) is 0.400. The molecule has 0 atom stereocenters. The van der Waals surface area contributed by atoms with E-state index in [9.17, 15) is 4.79 Å². The second-order valence-electron chi connectivity index (χ2n) is 6.02. The number of carbonyl (C=O) groups is 1. The van der Waals surface area contributed by atoms with Crippen molar-refractivity contribution in [3.8, 4) is 0 Å². The lowest BCUT2D eigenvalue weighted by Gasteiger charge is -2.28. The zero-order chi connectivity index (χ0) is 15.0. The first-order valence-corrected chi connectivity index (χ1v) is 8.46. The van der Waals surface area contributed by atoms with Crippen LogP contribution < -0.4 is 5.32 Å². The summed E-state index contributed by atoms with van der Waals surface area (Å²) in [6.45, 7) is 4.55. The van der Waals surface area contributed by atoms with Crippen molar-refractivity contribution < 1.29 is 4.79 Å². The lowest BCUT2D eigenvalue weighted by atomic mass is 9.79. The summed E-state index contributed by atoms with van der Waals surface area (Å²) < 4.78 is 0.685. The van der Waals surface area contributed by atoms with Crippen LogP contribution >= 0.6 is 27.3 Å². The van der Waals surface area contributed by atoms with Gasteiger partial charge in [-0.15, -0.1) is 11.3 Å². The maximum atomic E-state index is 12.2. The summed E-state index contributed by atoms with van der Waals surface area (Å²) in [5, 5.41) is 3.53.